The number of carbonyl (C=O) groups is 1. The van der Waals surface area contributed by atoms with Gasteiger partial charge in [0.05, 0.1) is 0 Å². The molecule has 0 bridgehead atoms. The molecule has 0 atom stereocenters. The van der Waals surface area contributed by atoms with E-state index in [0.717, 1.165) is 18.5 Å². The summed E-state index contributed by atoms with van der Waals surface area (Å²) in [7, 11) is -0.322. The molecule has 1 aromatic rings. The highest BCUT2D eigenvalue weighted by Gasteiger charge is 2.18. The highest BCUT2D eigenvalue weighted by molar-refractivity contribution is 6.70. The summed E-state index contributed by atoms with van der Waals surface area (Å²) in [6, 6.07) is 7.60. The SMILES string of the molecule is CNCCc1cccc(C(=O)NC[Si](C)(C)O)c1. The number of carbonyl (C=O) groups excluding carboxylic acids is 1. The van der Waals surface area contributed by atoms with Crippen molar-refractivity contribution in [3.63, 3.8) is 0 Å². The van der Waals surface area contributed by atoms with Gasteiger partial charge in [-0.15, -0.1) is 0 Å². The molecule has 0 spiro atoms. The zero-order chi connectivity index (χ0) is 13.6. The molecule has 0 heterocycles. The van der Waals surface area contributed by atoms with E-state index < -0.39 is 8.32 Å². The molecule has 0 saturated carbocycles. The molecule has 4 nitrogen and oxygen atoms in total. The van der Waals surface area contributed by atoms with Crippen LogP contribution in [-0.4, -0.2) is 38.8 Å². The van der Waals surface area contributed by atoms with Crippen LogP contribution in [0.25, 0.3) is 0 Å². The van der Waals surface area contributed by atoms with E-state index in [4.69, 9.17) is 0 Å². The third-order valence-electron chi connectivity index (χ3n) is 2.53. The van der Waals surface area contributed by atoms with Crippen LogP contribution in [-0.2, 0) is 6.42 Å². The van der Waals surface area contributed by atoms with E-state index in [0.29, 0.717) is 11.7 Å². The van der Waals surface area contributed by atoms with Crippen molar-refractivity contribution < 1.29 is 9.59 Å². The van der Waals surface area contributed by atoms with Crippen molar-refractivity contribution in [3.8, 4) is 0 Å². The van der Waals surface area contributed by atoms with Gasteiger partial charge in [0.2, 0.25) is 8.32 Å². The summed E-state index contributed by atoms with van der Waals surface area (Å²) in [4.78, 5) is 21.6. The van der Waals surface area contributed by atoms with E-state index in [9.17, 15) is 9.59 Å². The lowest BCUT2D eigenvalue weighted by Crippen LogP contribution is -2.42. The van der Waals surface area contributed by atoms with Crippen LogP contribution in [0.3, 0.4) is 0 Å². The maximum Gasteiger partial charge on any atom is 0.251 e. The molecule has 18 heavy (non-hydrogen) atoms. The Morgan fingerprint density at radius 2 is 2.11 bits per heavy atom. The minimum absolute atomic E-state index is 0.115. The van der Waals surface area contributed by atoms with Gasteiger partial charge in [0, 0.05) is 11.7 Å². The predicted octanol–water partition coefficient (Wildman–Crippen LogP) is 0.915. The van der Waals surface area contributed by atoms with Gasteiger partial charge in [-0.25, -0.2) is 0 Å². The van der Waals surface area contributed by atoms with E-state index in [1.807, 2.05) is 25.2 Å². The monoisotopic (exact) mass is 266 g/mol. The van der Waals surface area contributed by atoms with Crippen molar-refractivity contribution in [3.05, 3.63) is 35.4 Å². The fourth-order valence-corrected chi connectivity index (χ4v) is 2.13. The summed E-state index contributed by atoms with van der Waals surface area (Å²) in [5.74, 6) is -0.115. The third kappa shape index (κ3) is 5.44. The number of likely N-dealkylation sites (N-methyl/N-ethyl adjacent to an activating group) is 1. The van der Waals surface area contributed by atoms with Crippen LogP contribution in [0.5, 0.6) is 0 Å². The molecule has 1 rings (SSSR count). The standard InChI is InChI=1S/C13H22N2O2Si/c1-14-8-7-11-5-4-6-12(9-11)13(16)15-10-18(2,3)17/h4-6,9,14,17H,7-8,10H2,1-3H3,(H,15,16). The quantitative estimate of drug-likeness (QED) is 0.671. The smallest absolute Gasteiger partial charge is 0.251 e. The second-order valence-corrected chi connectivity index (χ2v) is 9.03. The molecular formula is C13H22N2O2Si. The molecule has 0 fully saturated rings. The lowest BCUT2D eigenvalue weighted by atomic mass is 10.1. The highest BCUT2D eigenvalue weighted by atomic mass is 28.4. The zero-order valence-corrected chi connectivity index (χ0v) is 12.3. The maximum absolute atomic E-state index is 11.9. The first-order valence-electron chi connectivity index (χ1n) is 6.16. The maximum atomic E-state index is 11.9. The minimum Gasteiger partial charge on any atom is -0.431 e. The van der Waals surface area contributed by atoms with Crippen LogP contribution in [0, 0.1) is 0 Å². The first-order chi connectivity index (χ1) is 8.42. The number of nitrogens with one attached hydrogen (secondary N) is 2. The van der Waals surface area contributed by atoms with E-state index >= 15 is 0 Å². The summed E-state index contributed by atoms with van der Waals surface area (Å²) < 4.78 is 0. The van der Waals surface area contributed by atoms with Gasteiger partial charge in [0.25, 0.3) is 5.91 Å². The van der Waals surface area contributed by atoms with Crippen molar-refractivity contribution in [2.75, 3.05) is 19.8 Å². The largest absolute Gasteiger partial charge is 0.431 e. The Kier molecular flexibility index (Phi) is 5.52. The van der Waals surface area contributed by atoms with Crippen LogP contribution in [0.15, 0.2) is 24.3 Å². The minimum atomic E-state index is -2.23. The Labute approximate surface area is 110 Å². The van der Waals surface area contributed by atoms with Gasteiger partial charge in [-0.05, 0) is 50.8 Å². The van der Waals surface area contributed by atoms with Gasteiger partial charge in [0.15, 0.2) is 0 Å². The lowest BCUT2D eigenvalue weighted by molar-refractivity contribution is 0.0958. The predicted molar refractivity (Wildman–Crippen MR) is 76.1 cm³/mol. The van der Waals surface area contributed by atoms with Gasteiger partial charge < -0.3 is 15.4 Å². The number of benzene rings is 1. The fourth-order valence-electron chi connectivity index (χ4n) is 1.54. The van der Waals surface area contributed by atoms with Crippen molar-refractivity contribution in [1.29, 1.82) is 0 Å². The second kappa shape index (κ2) is 6.68. The molecule has 0 aliphatic rings. The summed E-state index contributed by atoms with van der Waals surface area (Å²) in [5.41, 5.74) is 1.79. The van der Waals surface area contributed by atoms with Gasteiger partial charge in [-0.1, -0.05) is 12.1 Å². The van der Waals surface area contributed by atoms with Crippen molar-refractivity contribution in [2.45, 2.75) is 19.5 Å². The Hall–Kier alpha value is -1.17. The van der Waals surface area contributed by atoms with Gasteiger partial charge in [0.1, 0.15) is 0 Å². The Morgan fingerprint density at radius 3 is 2.72 bits per heavy atom. The first-order valence-corrected chi connectivity index (χ1v) is 9.32. The number of hydrogen-bond acceptors (Lipinski definition) is 3. The molecule has 0 aliphatic carbocycles. The summed E-state index contributed by atoms with van der Waals surface area (Å²) in [6.45, 7) is 4.49. The van der Waals surface area contributed by atoms with Crippen LogP contribution in [0.4, 0.5) is 0 Å². The van der Waals surface area contributed by atoms with Gasteiger partial charge in [-0.2, -0.15) is 0 Å². The number of rotatable bonds is 6. The molecule has 100 valence electrons. The molecule has 3 N–H and O–H groups in total. The molecule has 5 heteroatoms. The Morgan fingerprint density at radius 1 is 1.39 bits per heavy atom. The molecular weight excluding hydrogens is 244 g/mol. The molecule has 1 aromatic carbocycles. The van der Waals surface area contributed by atoms with E-state index in [2.05, 4.69) is 10.6 Å². The molecule has 0 unspecified atom stereocenters. The van der Waals surface area contributed by atoms with Crippen molar-refractivity contribution in [1.82, 2.24) is 10.6 Å². The molecule has 0 aliphatic heterocycles. The number of hydrogen-bond donors (Lipinski definition) is 3. The molecule has 0 radical (unpaired) electrons. The van der Waals surface area contributed by atoms with Crippen molar-refractivity contribution in [2.24, 2.45) is 0 Å². The molecule has 0 aromatic heterocycles. The highest BCUT2D eigenvalue weighted by Crippen LogP contribution is 2.06. The summed E-state index contributed by atoms with van der Waals surface area (Å²) in [6.07, 6.45) is 1.28. The fraction of sp³-hybridized carbons (Fsp3) is 0.462. The van der Waals surface area contributed by atoms with Gasteiger partial charge >= 0.3 is 0 Å². The average Bonchev–Trinajstić information content (AvgIpc) is 2.33. The Balaban J connectivity index is 2.62. The topological polar surface area (TPSA) is 61.4 Å². The van der Waals surface area contributed by atoms with Crippen LogP contribution in [0.1, 0.15) is 15.9 Å². The third-order valence-corrected chi connectivity index (χ3v) is 3.58. The van der Waals surface area contributed by atoms with Crippen molar-refractivity contribution >= 4 is 14.2 Å². The normalized spacial score (nSPS) is 11.3. The van der Waals surface area contributed by atoms with Gasteiger partial charge in [-0.3, -0.25) is 4.79 Å². The van der Waals surface area contributed by atoms with E-state index in [1.165, 1.54) is 0 Å². The summed E-state index contributed by atoms with van der Waals surface area (Å²) in [5, 5.41) is 5.86. The van der Waals surface area contributed by atoms with Crippen LogP contribution >= 0.6 is 0 Å². The second-order valence-electron chi connectivity index (χ2n) is 5.05. The zero-order valence-electron chi connectivity index (χ0n) is 11.3. The van der Waals surface area contributed by atoms with Crippen LogP contribution < -0.4 is 10.6 Å². The molecule has 1 amide bonds. The lowest BCUT2D eigenvalue weighted by Gasteiger charge is -2.15. The van der Waals surface area contributed by atoms with E-state index in [1.54, 1.807) is 19.2 Å². The molecule has 0 saturated heterocycles. The average molecular weight is 266 g/mol. The Bertz CT molecular complexity index is 402. The number of amides is 1. The van der Waals surface area contributed by atoms with E-state index in [-0.39, 0.29) is 5.91 Å². The van der Waals surface area contributed by atoms with Crippen LogP contribution in [0.2, 0.25) is 13.1 Å². The first kappa shape index (κ1) is 14.9. The summed E-state index contributed by atoms with van der Waals surface area (Å²) >= 11 is 0.